The molecule has 2 heterocycles. The van der Waals surface area contributed by atoms with Crippen LogP contribution in [0.25, 0.3) is 0 Å². The molecule has 25 heavy (non-hydrogen) atoms. The minimum Gasteiger partial charge on any atom is -0.384 e. The smallest absolute Gasteiger partial charge is 0.267 e. The summed E-state index contributed by atoms with van der Waals surface area (Å²) >= 11 is 0. The van der Waals surface area contributed by atoms with E-state index in [4.69, 9.17) is 9.26 Å². The minimum absolute atomic E-state index is 0.0898. The summed E-state index contributed by atoms with van der Waals surface area (Å²) in [6, 6.07) is 4.14. The van der Waals surface area contributed by atoms with E-state index in [9.17, 15) is 18.0 Å². The van der Waals surface area contributed by atoms with E-state index < -0.39 is 36.7 Å². The summed E-state index contributed by atoms with van der Waals surface area (Å²) in [7, 11) is 1.51. The van der Waals surface area contributed by atoms with Gasteiger partial charge in [0.2, 0.25) is 5.89 Å². The Morgan fingerprint density at radius 2 is 2.20 bits per heavy atom. The second kappa shape index (κ2) is 6.83. The molecule has 0 spiro atoms. The van der Waals surface area contributed by atoms with Crippen molar-refractivity contribution in [2.24, 2.45) is 0 Å². The van der Waals surface area contributed by atoms with Gasteiger partial charge in [0.05, 0.1) is 18.7 Å². The zero-order valence-corrected chi connectivity index (χ0v) is 13.4. The normalized spacial score (nSPS) is 19.4. The van der Waals surface area contributed by atoms with Gasteiger partial charge in [-0.2, -0.15) is 4.98 Å². The van der Waals surface area contributed by atoms with Crippen molar-refractivity contribution in [3.8, 4) is 0 Å². The molecular formula is C16H16F3N3O3. The van der Waals surface area contributed by atoms with Gasteiger partial charge in [0, 0.05) is 20.0 Å². The number of nitrogens with zero attached hydrogens (tertiary/aromatic N) is 3. The van der Waals surface area contributed by atoms with E-state index in [2.05, 4.69) is 10.1 Å². The minimum atomic E-state index is -3.12. The SMILES string of the molecule is COCCc1noc([C@@H]2CC(F)(F)CN2C(=O)c2ccccc2F)n1. The fourth-order valence-corrected chi connectivity index (χ4v) is 2.74. The van der Waals surface area contributed by atoms with Crippen molar-refractivity contribution >= 4 is 5.91 Å². The number of halogens is 3. The number of carbonyl (C=O) groups excluding carboxylic acids is 1. The van der Waals surface area contributed by atoms with Gasteiger partial charge in [-0.05, 0) is 12.1 Å². The Labute approximate surface area is 141 Å². The van der Waals surface area contributed by atoms with Crippen molar-refractivity contribution in [3.05, 3.63) is 47.4 Å². The number of amides is 1. The molecule has 1 aliphatic heterocycles. The summed E-state index contributed by atoms with van der Waals surface area (Å²) in [5.74, 6) is -4.52. The zero-order chi connectivity index (χ0) is 18.0. The van der Waals surface area contributed by atoms with Crippen LogP contribution in [-0.2, 0) is 11.2 Å². The molecule has 1 atom stereocenters. The standard InChI is InChI=1S/C16H16F3N3O3/c1-24-7-6-13-20-14(25-21-13)12-8-16(18,19)9-22(12)15(23)10-4-2-3-5-11(10)17/h2-5,12H,6-9H2,1H3/t12-/m0/s1. The third-order valence-electron chi connectivity index (χ3n) is 3.93. The molecule has 3 rings (SSSR count). The zero-order valence-electron chi connectivity index (χ0n) is 13.4. The van der Waals surface area contributed by atoms with Crippen LogP contribution in [0, 0.1) is 5.82 Å². The van der Waals surface area contributed by atoms with Crippen molar-refractivity contribution in [2.45, 2.75) is 24.8 Å². The lowest BCUT2D eigenvalue weighted by atomic mass is 10.1. The summed E-state index contributed by atoms with van der Waals surface area (Å²) in [5, 5.41) is 3.71. The maximum Gasteiger partial charge on any atom is 0.267 e. The van der Waals surface area contributed by atoms with Gasteiger partial charge in [0.1, 0.15) is 11.9 Å². The summed E-state index contributed by atoms with van der Waals surface area (Å²) in [5.41, 5.74) is -0.274. The molecule has 1 amide bonds. The maximum atomic E-state index is 13.9. The lowest BCUT2D eigenvalue weighted by Crippen LogP contribution is -2.33. The molecule has 0 aliphatic carbocycles. The van der Waals surface area contributed by atoms with Gasteiger partial charge < -0.3 is 14.2 Å². The molecule has 1 aromatic carbocycles. The second-order valence-corrected chi connectivity index (χ2v) is 5.78. The van der Waals surface area contributed by atoms with Gasteiger partial charge in [0.25, 0.3) is 11.8 Å². The fraction of sp³-hybridized carbons (Fsp3) is 0.438. The molecule has 0 unspecified atom stereocenters. The molecule has 0 radical (unpaired) electrons. The predicted molar refractivity (Wildman–Crippen MR) is 79.6 cm³/mol. The molecule has 9 heteroatoms. The predicted octanol–water partition coefficient (Wildman–Crippen LogP) is 2.62. The first-order chi connectivity index (χ1) is 11.9. The highest BCUT2D eigenvalue weighted by Crippen LogP contribution is 2.41. The van der Waals surface area contributed by atoms with Crippen molar-refractivity contribution in [1.29, 1.82) is 0 Å². The Kier molecular flexibility index (Phi) is 4.76. The lowest BCUT2D eigenvalue weighted by Gasteiger charge is -2.21. The molecule has 1 fully saturated rings. The number of benzene rings is 1. The fourth-order valence-electron chi connectivity index (χ4n) is 2.74. The quantitative estimate of drug-likeness (QED) is 0.825. The van der Waals surface area contributed by atoms with Gasteiger partial charge in [-0.15, -0.1) is 0 Å². The second-order valence-electron chi connectivity index (χ2n) is 5.78. The molecular weight excluding hydrogens is 339 g/mol. The summed E-state index contributed by atoms with van der Waals surface area (Å²) in [6.07, 6.45) is -0.302. The van der Waals surface area contributed by atoms with Crippen molar-refractivity contribution < 1.29 is 27.2 Å². The van der Waals surface area contributed by atoms with Crippen LogP contribution in [0.2, 0.25) is 0 Å². The molecule has 1 aromatic heterocycles. The highest BCUT2D eigenvalue weighted by atomic mass is 19.3. The number of likely N-dealkylation sites (tertiary alicyclic amines) is 1. The molecule has 1 saturated heterocycles. The van der Waals surface area contributed by atoms with Crippen molar-refractivity contribution in [2.75, 3.05) is 20.3 Å². The third kappa shape index (κ3) is 3.65. The molecule has 2 aromatic rings. The Bertz CT molecular complexity index is 766. The van der Waals surface area contributed by atoms with Crippen LogP contribution in [0.4, 0.5) is 13.2 Å². The summed E-state index contributed by atoms with van der Waals surface area (Å²) in [4.78, 5) is 17.5. The number of ether oxygens (including phenoxy) is 1. The molecule has 0 bridgehead atoms. The monoisotopic (exact) mass is 355 g/mol. The van der Waals surface area contributed by atoms with Crippen LogP contribution in [-0.4, -0.2) is 47.1 Å². The average molecular weight is 355 g/mol. The molecule has 1 aliphatic rings. The van der Waals surface area contributed by atoms with E-state index in [1.165, 1.54) is 25.3 Å². The summed E-state index contributed by atoms with van der Waals surface area (Å²) in [6.45, 7) is -0.488. The van der Waals surface area contributed by atoms with E-state index in [0.717, 1.165) is 11.0 Å². The van der Waals surface area contributed by atoms with E-state index in [1.54, 1.807) is 0 Å². The highest BCUT2D eigenvalue weighted by molar-refractivity contribution is 5.95. The first kappa shape index (κ1) is 17.4. The first-order valence-corrected chi connectivity index (χ1v) is 7.66. The van der Waals surface area contributed by atoms with Gasteiger partial charge in [-0.25, -0.2) is 13.2 Å². The van der Waals surface area contributed by atoms with Crippen molar-refractivity contribution in [1.82, 2.24) is 15.0 Å². The lowest BCUT2D eigenvalue weighted by molar-refractivity contribution is 0.0116. The van der Waals surface area contributed by atoms with E-state index >= 15 is 0 Å². The molecule has 134 valence electrons. The van der Waals surface area contributed by atoms with Crippen molar-refractivity contribution in [3.63, 3.8) is 0 Å². The van der Waals surface area contributed by atoms with Gasteiger partial charge in [-0.3, -0.25) is 4.79 Å². The van der Waals surface area contributed by atoms with Crippen LogP contribution in [0.3, 0.4) is 0 Å². The maximum absolute atomic E-state index is 13.9. The van der Waals surface area contributed by atoms with E-state index in [1.807, 2.05) is 0 Å². The molecule has 6 nitrogen and oxygen atoms in total. The largest absolute Gasteiger partial charge is 0.384 e. The summed E-state index contributed by atoms with van der Waals surface area (Å²) < 4.78 is 51.6. The Hall–Kier alpha value is -2.42. The molecule has 0 N–H and O–H groups in total. The van der Waals surface area contributed by atoms with E-state index in [0.29, 0.717) is 18.9 Å². The number of hydrogen-bond donors (Lipinski definition) is 0. The average Bonchev–Trinajstić information content (AvgIpc) is 3.16. The van der Waals surface area contributed by atoms with Crippen LogP contribution in [0.1, 0.15) is 34.5 Å². The highest BCUT2D eigenvalue weighted by Gasteiger charge is 2.50. The van der Waals surface area contributed by atoms with Crippen LogP contribution in [0.5, 0.6) is 0 Å². The number of carbonyl (C=O) groups is 1. The third-order valence-corrected chi connectivity index (χ3v) is 3.93. The number of rotatable bonds is 5. The Balaban J connectivity index is 1.87. The van der Waals surface area contributed by atoms with Crippen LogP contribution >= 0.6 is 0 Å². The Morgan fingerprint density at radius 3 is 2.92 bits per heavy atom. The van der Waals surface area contributed by atoms with E-state index in [-0.39, 0.29) is 11.5 Å². The Morgan fingerprint density at radius 1 is 1.44 bits per heavy atom. The van der Waals surface area contributed by atoms with Crippen LogP contribution < -0.4 is 0 Å². The number of alkyl halides is 2. The first-order valence-electron chi connectivity index (χ1n) is 7.66. The van der Waals surface area contributed by atoms with Gasteiger partial charge in [-0.1, -0.05) is 17.3 Å². The molecule has 0 saturated carbocycles. The van der Waals surface area contributed by atoms with Gasteiger partial charge in [0.15, 0.2) is 5.82 Å². The number of methoxy groups -OCH3 is 1. The van der Waals surface area contributed by atoms with Gasteiger partial charge >= 0.3 is 0 Å². The number of aromatic nitrogens is 2. The topological polar surface area (TPSA) is 68.5 Å². The number of hydrogen-bond acceptors (Lipinski definition) is 5. The van der Waals surface area contributed by atoms with Crippen LogP contribution in [0.15, 0.2) is 28.8 Å².